The van der Waals surface area contributed by atoms with Crippen LogP contribution in [0.2, 0.25) is 0 Å². The van der Waals surface area contributed by atoms with Crippen LogP contribution in [-0.4, -0.2) is 33.9 Å². The van der Waals surface area contributed by atoms with Crippen LogP contribution in [0.15, 0.2) is 0 Å². The molecule has 0 aliphatic rings. The Hall–Kier alpha value is -1.79. The van der Waals surface area contributed by atoms with Crippen LogP contribution >= 0.6 is 0 Å². The number of esters is 1. The highest BCUT2D eigenvalue weighted by Crippen LogP contribution is 2.07. The maximum Gasteiger partial charge on any atom is 0.337 e. The lowest BCUT2D eigenvalue weighted by Crippen LogP contribution is -2.16. The normalized spacial score (nSPS) is 10.0. The van der Waals surface area contributed by atoms with Crippen LogP contribution in [0.5, 0.6) is 6.01 Å². The summed E-state index contributed by atoms with van der Waals surface area (Å²) in [6.45, 7) is 4.25. The Balaban J connectivity index is 2.64. The average molecular weight is 214 g/mol. The van der Waals surface area contributed by atoms with E-state index in [0.29, 0.717) is 13.2 Å². The van der Waals surface area contributed by atoms with Crippen molar-refractivity contribution in [1.29, 1.82) is 0 Å². The Morgan fingerprint density at radius 1 is 1.47 bits per heavy atom. The van der Waals surface area contributed by atoms with Crippen LogP contribution < -0.4 is 10.5 Å². The van der Waals surface area contributed by atoms with E-state index in [-0.39, 0.29) is 18.5 Å². The number of hydrogen-bond acceptors (Lipinski definition) is 6. The van der Waals surface area contributed by atoms with Gasteiger partial charge in [0.25, 0.3) is 0 Å². The Labute approximate surface area is 87.2 Å². The predicted molar refractivity (Wildman–Crippen MR) is 52.2 cm³/mol. The summed E-state index contributed by atoms with van der Waals surface area (Å²) in [5.41, 5.74) is 5.52. The number of carbonyl (C=O) groups excluding carboxylic acids is 1. The van der Waals surface area contributed by atoms with Gasteiger partial charge in [-0.05, 0) is 13.8 Å². The number of carbonyl (C=O) groups is 1. The molecule has 0 saturated carbocycles. The molecule has 0 amide bonds. The smallest absolute Gasteiger partial charge is 0.337 e. The van der Waals surface area contributed by atoms with Crippen molar-refractivity contribution in [2.24, 2.45) is 0 Å². The third-order valence-corrected chi connectivity index (χ3v) is 1.54. The van der Waals surface area contributed by atoms with Crippen LogP contribution in [0.4, 0.5) is 5.95 Å². The Bertz CT molecular complexity index is 337. The van der Waals surface area contributed by atoms with Gasteiger partial charge >= 0.3 is 12.0 Å². The molecule has 1 rings (SSSR count). The highest BCUT2D eigenvalue weighted by molar-refractivity contribution is 5.69. The first-order valence-electron chi connectivity index (χ1n) is 4.66. The molecule has 1 aromatic heterocycles. The number of hydrogen-bond donors (Lipinski definition) is 1. The Morgan fingerprint density at radius 3 is 2.80 bits per heavy atom. The maximum atomic E-state index is 11.1. The third kappa shape index (κ3) is 3.12. The fourth-order valence-corrected chi connectivity index (χ4v) is 0.968. The van der Waals surface area contributed by atoms with Gasteiger partial charge in [0.1, 0.15) is 6.54 Å². The summed E-state index contributed by atoms with van der Waals surface area (Å²) in [7, 11) is 0. The molecule has 0 bridgehead atoms. The number of nitrogens with two attached hydrogens (primary N) is 1. The van der Waals surface area contributed by atoms with E-state index in [1.54, 1.807) is 6.92 Å². The molecule has 84 valence electrons. The van der Waals surface area contributed by atoms with Gasteiger partial charge in [0.15, 0.2) is 0 Å². The summed E-state index contributed by atoms with van der Waals surface area (Å²) in [4.78, 5) is 14.9. The summed E-state index contributed by atoms with van der Waals surface area (Å²) < 4.78 is 11.0. The highest BCUT2D eigenvalue weighted by atomic mass is 16.5. The monoisotopic (exact) mass is 214 g/mol. The first-order chi connectivity index (χ1) is 7.17. The molecule has 0 aliphatic heterocycles. The first-order valence-corrected chi connectivity index (χ1v) is 4.66. The van der Waals surface area contributed by atoms with Gasteiger partial charge in [0, 0.05) is 0 Å². The maximum absolute atomic E-state index is 11.1. The van der Waals surface area contributed by atoms with Gasteiger partial charge in [-0.15, -0.1) is 5.10 Å². The number of nitrogen functional groups attached to an aromatic ring is 1. The third-order valence-electron chi connectivity index (χ3n) is 1.54. The largest absolute Gasteiger partial charge is 0.465 e. The van der Waals surface area contributed by atoms with Gasteiger partial charge in [0.2, 0.25) is 5.95 Å². The quantitative estimate of drug-likeness (QED) is 0.683. The second-order valence-electron chi connectivity index (χ2n) is 2.65. The van der Waals surface area contributed by atoms with E-state index in [2.05, 4.69) is 10.1 Å². The molecule has 2 N–H and O–H groups in total. The molecule has 0 saturated heterocycles. The summed E-state index contributed by atoms with van der Waals surface area (Å²) in [5, 5.41) is 3.88. The van der Waals surface area contributed by atoms with Crippen LogP contribution in [0, 0.1) is 0 Å². The summed E-state index contributed by atoms with van der Waals surface area (Å²) in [6, 6.07) is 0.166. The zero-order valence-corrected chi connectivity index (χ0v) is 8.77. The fourth-order valence-electron chi connectivity index (χ4n) is 0.968. The van der Waals surface area contributed by atoms with Gasteiger partial charge < -0.3 is 15.2 Å². The van der Waals surface area contributed by atoms with Gasteiger partial charge in [-0.1, -0.05) is 0 Å². The molecular weight excluding hydrogens is 200 g/mol. The zero-order valence-electron chi connectivity index (χ0n) is 8.77. The topological polar surface area (TPSA) is 92.3 Å². The van der Waals surface area contributed by atoms with Gasteiger partial charge in [0.05, 0.1) is 13.2 Å². The molecule has 0 unspecified atom stereocenters. The van der Waals surface area contributed by atoms with E-state index in [1.165, 1.54) is 4.68 Å². The lowest BCUT2D eigenvalue weighted by atomic mass is 10.6. The number of nitrogens with zero attached hydrogens (tertiary/aromatic N) is 3. The van der Waals surface area contributed by atoms with Crippen LogP contribution in [-0.2, 0) is 16.1 Å². The predicted octanol–water partition coefficient (Wildman–Crippen LogP) is -0.178. The second-order valence-corrected chi connectivity index (χ2v) is 2.65. The second kappa shape index (κ2) is 5.18. The Kier molecular flexibility index (Phi) is 3.90. The van der Waals surface area contributed by atoms with Gasteiger partial charge in [-0.2, -0.15) is 4.98 Å². The fraction of sp³-hybridized carbons (Fsp3) is 0.625. The number of aromatic nitrogens is 3. The molecule has 0 aromatic carbocycles. The molecular formula is C8H14N4O3. The molecule has 1 aromatic rings. The van der Waals surface area contributed by atoms with Gasteiger partial charge in [-0.25, -0.2) is 4.68 Å². The van der Waals surface area contributed by atoms with Crippen LogP contribution in [0.25, 0.3) is 0 Å². The number of ether oxygens (including phenoxy) is 2. The van der Waals surface area contributed by atoms with E-state index in [9.17, 15) is 4.79 Å². The summed E-state index contributed by atoms with van der Waals surface area (Å²) in [6.07, 6.45) is 0. The average Bonchev–Trinajstić information content (AvgIpc) is 2.48. The first kappa shape index (κ1) is 11.3. The Morgan fingerprint density at radius 2 is 2.20 bits per heavy atom. The molecule has 0 aliphatic carbocycles. The van der Waals surface area contributed by atoms with Crippen molar-refractivity contribution in [1.82, 2.24) is 14.8 Å². The van der Waals surface area contributed by atoms with E-state index in [4.69, 9.17) is 15.2 Å². The van der Waals surface area contributed by atoms with Crippen molar-refractivity contribution < 1.29 is 14.3 Å². The van der Waals surface area contributed by atoms with E-state index >= 15 is 0 Å². The van der Waals surface area contributed by atoms with E-state index < -0.39 is 5.97 Å². The van der Waals surface area contributed by atoms with Crippen molar-refractivity contribution in [3.8, 4) is 6.01 Å². The van der Waals surface area contributed by atoms with Gasteiger partial charge in [-0.3, -0.25) is 4.79 Å². The summed E-state index contributed by atoms with van der Waals surface area (Å²) in [5.74, 6) is -0.274. The zero-order chi connectivity index (χ0) is 11.3. The van der Waals surface area contributed by atoms with Crippen molar-refractivity contribution in [2.75, 3.05) is 18.9 Å². The minimum absolute atomic E-state index is 0.0558. The van der Waals surface area contributed by atoms with Crippen LogP contribution in [0.3, 0.4) is 0 Å². The molecule has 1 heterocycles. The molecule has 15 heavy (non-hydrogen) atoms. The highest BCUT2D eigenvalue weighted by Gasteiger charge is 2.11. The van der Waals surface area contributed by atoms with E-state index in [0.717, 1.165) is 0 Å². The SMILES string of the molecule is CCOC(=O)Cn1nc(OCC)nc1N. The minimum Gasteiger partial charge on any atom is -0.465 e. The lowest BCUT2D eigenvalue weighted by molar-refractivity contribution is -0.144. The standard InChI is InChI=1S/C8H14N4O3/c1-3-14-6(13)5-12-7(9)10-8(11-12)15-4-2/h3-5H2,1-2H3,(H2,9,10,11). The lowest BCUT2D eigenvalue weighted by Gasteiger charge is -2.01. The van der Waals surface area contributed by atoms with E-state index in [1.807, 2.05) is 6.92 Å². The van der Waals surface area contributed by atoms with Crippen molar-refractivity contribution in [3.63, 3.8) is 0 Å². The van der Waals surface area contributed by atoms with Crippen molar-refractivity contribution in [3.05, 3.63) is 0 Å². The number of anilines is 1. The minimum atomic E-state index is -0.405. The molecule has 0 radical (unpaired) electrons. The molecule has 0 fully saturated rings. The van der Waals surface area contributed by atoms with Crippen LogP contribution in [0.1, 0.15) is 13.8 Å². The van der Waals surface area contributed by atoms with Crippen molar-refractivity contribution in [2.45, 2.75) is 20.4 Å². The summed E-state index contributed by atoms with van der Waals surface area (Å²) >= 11 is 0. The molecule has 0 spiro atoms. The molecule has 0 atom stereocenters. The molecule has 7 heteroatoms. The molecule has 7 nitrogen and oxygen atoms in total. The number of rotatable bonds is 5. The van der Waals surface area contributed by atoms with Crippen molar-refractivity contribution >= 4 is 11.9 Å².